The molecule has 2 aromatic rings. The molecule has 0 aliphatic heterocycles. The number of rotatable bonds is 3. The number of hydrogen-bond donors (Lipinski definition) is 1. The van der Waals surface area contributed by atoms with Crippen LogP contribution in [0.15, 0.2) is 36.5 Å². The van der Waals surface area contributed by atoms with Crippen molar-refractivity contribution in [2.24, 2.45) is 0 Å². The second-order valence-electron chi connectivity index (χ2n) is 3.72. The van der Waals surface area contributed by atoms with E-state index in [1.165, 1.54) is 18.3 Å². The Kier molecular flexibility index (Phi) is 3.48. The van der Waals surface area contributed by atoms with Gasteiger partial charge < -0.3 is 9.84 Å². The molecule has 0 fully saturated rings. The maximum absolute atomic E-state index is 10.8. The summed E-state index contributed by atoms with van der Waals surface area (Å²) < 4.78 is 5.47. The molecule has 0 bridgehead atoms. The quantitative estimate of drug-likeness (QED) is 0.920. The fourth-order valence-electron chi connectivity index (χ4n) is 1.40. The predicted octanol–water partition coefficient (Wildman–Crippen LogP) is 3.53. The van der Waals surface area contributed by atoms with Crippen molar-refractivity contribution in [3.8, 4) is 11.6 Å². The fourth-order valence-corrected chi connectivity index (χ4v) is 1.56. The molecule has 18 heavy (non-hydrogen) atoms. The maximum Gasteiger partial charge on any atom is 0.335 e. The van der Waals surface area contributed by atoms with Crippen molar-refractivity contribution in [2.45, 2.75) is 6.92 Å². The summed E-state index contributed by atoms with van der Waals surface area (Å²) in [5.41, 5.74) is 1.10. The van der Waals surface area contributed by atoms with E-state index in [1.54, 1.807) is 12.1 Å². The fraction of sp³-hybridized carbons (Fsp3) is 0.0769. The predicted molar refractivity (Wildman–Crippen MR) is 67.5 cm³/mol. The van der Waals surface area contributed by atoms with Crippen LogP contribution in [0.4, 0.5) is 0 Å². The largest absolute Gasteiger partial charge is 0.478 e. The number of halogens is 1. The van der Waals surface area contributed by atoms with Crippen LogP contribution in [-0.4, -0.2) is 16.1 Å². The Hall–Kier alpha value is -2.07. The average molecular weight is 264 g/mol. The van der Waals surface area contributed by atoms with Gasteiger partial charge >= 0.3 is 5.97 Å². The van der Waals surface area contributed by atoms with Crippen LogP contribution in [0.25, 0.3) is 0 Å². The van der Waals surface area contributed by atoms with E-state index in [1.807, 2.05) is 13.0 Å². The number of benzene rings is 1. The van der Waals surface area contributed by atoms with E-state index >= 15 is 0 Å². The molecule has 0 saturated heterocycles. The van der Waals surface area contributed by atoms with Crippen molar-refractivity contribution < 1.29 is 14.6 Å². The van der Waals surface area contributed by atoms with E-state index in [9.17, 15) is 4.79 Å². The molecule has 0 amide bonds. The zero-order chi connectivity index (χ0) is 13.1. The molecule has 4 nitrogen and oxygen atoms in total. The minimum atomic E-state index is -1.03. The first kappa shape index (κ1) is 12.4. The molecule has 92 valence electrons. The summed E-state index contributed by atoms with van der Waals surface area (Å²) in [5.74, 6) is -0.383. The van der Waals surface area contributed by atoms with E-state index < -0.39 is 5.97 Å². The lowest BCUT2D eigenvalue weighted by atomic mass is 10.2. The number of nitrogens with zero attached hydrogens (tertiary/aromatic N) is 1. The Morgan fingerprint density at radius 3 is 2.83 bits per heavy atom. The van der Waals surface area contributed by atoms with Crippen LogP contribution in [0.1, 0.15) is 15.9 Å². The first-order valence-corrected chi connectivity index (χ1v) is 5.57. The number of aromatic carboxylic acids is 1. The smallest absolute Gasteiger partial charge is 0.335 e. The summed E-state index contributed by atoms with van der Waals surface area (Å²) in [5, 5.41) is 9.31. The second kappa shape index (κ2) is 5.06. The number of pyridine rings is 1. The summed E-state index contributed by atoms with van der Waals surface area (Å²) in [6, 6.07) is 8.08. The van der Waals surface area contributed by atoms with Gasteiger partial charge in [0.05, 0.1) is 10.6 Å². The van der Waals surface area contributed by atoms with Gasteiger partial charge in [-0.1, -0.05) is 17.7 Å². The number of carbonyl (C=O) groups is 1. The Balaban J connectivity index is 2.31. The third-order valence-electron chi connectivity index (χ3n) is 2.28. The number of hydrogen-bond acceptors (Lipinski definition) is 3. The Morgan fingerprint density at radius 1 is 1.33 bits per heavy atom. The zero-order valence-corrected chi connectivity index (χ0v) is 10.3. The van der Waals surface area contributed by atoms with Gasteiger partial charge in [0, 0.05) is 12.3 Å². The van der Waals surface area contributed by atoms with Gasteiger partial charge in [0.15, 0.2) is 0 Å². The molecule has 0 unspecified atom stereocenters. The van der Waals surface area contributed by atoms with E-state index in [4.69, 9.17) is 21.4 Å². The standard InChI is InChI=1S/C13H10ClNO3/c1-8-2-3-10(14)11(6-8)18-12-7-9(13(16)17)4-5-15-12/h2-7H,1H3,(H,16,17). The lowest BCUT2D eigenvalue weighted by Gasteiger charge is -2.07. The third kappa shape index (κ3) is 2.78. The molecule has 0 atom stereocenters. The topological polar surface area (TPSA) is 59.4 Å². The van der Waals surface area contributed by atoms with Gasteiger partial charge in [-0.2, -0.15) is 0 Å². The first-order chi connectivity index (χ1) is 8.56. The summed E-state index contributed by atoms with van der Waals surface area (Å²) in [4.78, 5) is 14.8. The van der Waals surface area contributed by atoms with Crippen LogP contribution in [0.3, 0.4) is 0 Å². The lowest BCUT2D eigenvalue weighted by molar-refractivity contribution is 0.0696. The van der Waals surface area contributed by atoms with Gasteiger partial charge in [-0.25, -0.2) is 9.78 Å². The second-order valence-corrected chi connectivity index (χ2v) is 4.13. The van der Waals surface area contributed by atoms with Crippen LogP contribution in [0.2, 0.25) is 5.02 Å². The summed E-state index contributed by atoms with van der Waals surface area (Å²) in [7, 11) is 0. The minimum Gasteiger partial charge on any atom is -0.478 e. The van der Waals surface area contributed by atoms with Crippen LogP contribution in [0.5, 0.6) is 11.6 Å². The SMILES string of the molecule is Cc1ccc(Cl)c(Oc2cc(C(=O)O)ccn2)c1. The monoisotopic (exact) mass is 263 g/mol. The number of ether oxygens (including phenoxy) is 1. The van der Waals surface area contributed by atoms with Crippen LogP contribution >= 0.6 is 11.6 Å². The molecule has 1 aromatic heterocycles. The number of carboxylic acids is 1. The molecule has 0 aliphatic carbocycles. The molecule has 1 heterocycles. The third-order valence-corrected chi connectivity index (χ3v) is 2.60. The van der Waals surface area contributed by atoms with E-state index in [-0.39, 0.29) is 11.4 Å². The highest BCUT2D eigenvalue weighted by Crippen LogP contribution is 2.29. The highest BCUT2D eigenvalue weighted by molar-refractivity contribution is 6.32. The van der Waals surface area contributed by atoms with Crippen molar-refractivity contribution >= 4 is 17.6 Å². The van der Waals surface area contributed by atoms with Crippen molar-refractivity contribution in [2.75, 3.05) is 0 Å². The number of aromatic nitrogens is 1. The van der Waals surface area contributed by atoms with Crippen molar-refractivity contribution in [3.63, 3.8) is 0 Å². The van der Waals surface area contributed by atoms with Gasteiger partial charge in [0.1, 0.15) is 5.75 Å². The Bertz CT molecular complexity index is 599. The summed E-state index contributed by atoms with van der Waals surface area (Å²) in [6.07, 6.45) is 1.38. The summed E-state index contributed by atoms with van der Waals surface area (Å²) >= 11 is 5.98. The van der Waals surface area contributed by atoms with Crippen LogP contribution in [0, 0.1) is 6.92 Å². The molecule has 0 aliphatic rings. The Morgan fingerprint density at radius 2 is 2.11 bits per heavy atom. The van der Waals surface area contributed by atoms with Gasteiger partial charge in [0.25, 0.3) is 0 Å². The summed E-state index contributed by atoms with van der Waals surface area (Å²) in [6.45, 7) is 1.91. The molecule has 1 N–H and O–H groups in total. The molecule has 0 spiro atoms. The molecule has 0 radical (unpaired) electrons. The van der Waals surface area contributed by atoms with Gasteiger partial charge in [-0.05, 0) is 30.7 Å². The van der Waals surface area contributed by atoms with Crippen molar-refractivity contribution in [1.82, 2.24) is 4.98 Å². The van der Waals surface area contributed by atoms with Crippen LogP contribution < -0.4 is 4.74 Å². The molecule has 1 aromatic carbocycles. The molecular weight excluding hydrogens is 254 g/mol. The molecule has 5 heteroatoms. The van der Waals surface area contributed by atoms with Crippen molar-refractivity contribution in [3.05, 3.63) is 52.7 Å². The van der Waals surface area contributed by atoms with E-state index in [0.29, 0.717) is 10.8 Å². The lowest BCUT2D eigenvalue weighted by Crippen LogP contribution is -1.97. The van der Waals surface area contributed by atoms with Gasteiger partial charge in [0.2, 0.25) is 5.88 Å². The highest BCUT2D eigenvalue weighted by Gasteiger charge is 2.08. The maximum atomic E-state index is 10.8. The highest BCUT2D eigenvalue weighted by atomic mass is 35.5. The minimum absolute atomic E-state index is 0.115. The van der Waals surface area contributed by atoms with Gasteiger partial charge in [-0.15, -0.1) is 0 Å². The molecule has 2 rings (SSSR count). The molecular formula is C13H10ClNO3. The first-order valence-electron chi connectivity index (χ1n) is 5.19. The molecule has 0 saturated carbocycles. The zero-order valence-electron chi connectivity index (χ0n) is 9.55. The van der Waals surface area contributed by atoms with Gasteiger partial charge in [-0.3, -0.25) is 0 Å². The normalized spacial score (nSPS) is 10.1. The van der Waals surface area contributed by atoms with Crippen LogP contribution in [-0.2, 0) is 0 Å². The average Bonchev–Trinajstić information content (AvgIpc) is 2.34. The van der Waals surface area contributed by atoms with E-state index in [2.05, 4.69) is 4.98 Å². The Labute approximate surface area is 109 Å². The van der Waals surface area contributed by atoms with Crippen molar-refractivity contribution in [1.29, 1.82) is 0 Å². The number of aryl methyl sites for hydroxylation is 1. The number of carboxylic acid groups (broad SMARTS) is 1. The van der Waals surface area contributed by atoms with E-state index in [0.717, 1.165) is 5.56 Å².